The van der Waals surface area contributed by atoms with Crippen molar-refractivity contribution in [1.82, 2.24) is 4.90 Å². The fourth-order valence-electron chi connectivity index (χ4n) is 2.48. The van der Waals surface area contributed by atoms with Crippen molar-refractivity contribution in [3.05, 3.63) is 0 Å². The van der Waals surface area contributed by atoms with E-state index in [1.807, 2.05) is 6.92 Å². The van der Waals surface area contributed by atoms with E-state index >= 15 is 0 Å². The van der Waals surface area contributed by atoms with Crippen LogP contribution in [0.4, 0.5) is 13.2 Å². The summed E-state index contributed by atoms with van der Waals surface area (Å²) in [5, 5.41) is 11.6. The Morgan fingerprint density at radius 1 is 1.53 bits per heavy atom. The van der Waals surface area contributed by atoms with Crippen molar-refractivity contribution in [3.63, 3.8) is 0 Å². The van der Waals surface area contributed by atoms with Crippen molar-refractivity contribution in [2.75, 3.05) is 13.6 Å². The van der Waals surface area contributed by atoms with Crippen molar-refractivity contribution >= 4 is 11.7 Å². The quantitative estimate of drug-likeness (QED) is 0.355. The van der Waals surface area contributed by atoms with Crippen LogP contribution in [0.15, 0.2) is 5.16 Å². The van der Waals surface area contributed by atoms with Crippen LogP contribution in [0.1, 0.15) is 26.2 Å². The summed E-state index contributed by atoms with van der Waals surface area (Å²) in [6, 6.07) is 0. The average Bonchev–Trinajstić information content (AvgIpc) is 2.28. The summed E-state index contributed by atoms with van der Waals surface area (Å²) in [5.74, 6) is -0.528. The molecular weight excluding hydrogens is 263 g/mol. The van der Waals surface area contributed by atoms with Gasteiger partial charge in [-0.05, 0) is 18.8 Å². The highest BCUT2D eigenvalue weighted by molar-refractivity contribution is 6.07. The first-order chi connectivity index (χ1) is 8.62. The lowest BCUT2D eigenvalue weighted by Gasteiger charge is -2.45. The number of carbonyl (C=O) groups excluding carboxylic acids is 1. The second kappa shape index (κ2) is 5.26. The van der Waals surface area contributed by atoms with Crippen LogP contribution in [0, 0.1) is 11.3 Å². The molecule has 1 aliphatic rings. The number of amides is 1. The van der Waals surface area contributed by atoms with Gasteiger partial charge < -0.3 is 15.8 Å². The van der Waals surface area contributed by atoms with Crippen LogP contribution in [0.25, 0.3) is 0 Å². The van der Waals surface area contributed by atoms with E-state index in [0.717, 1.165) is 4.90 Å². The minimum atomic E-state index is -4.31. The number of hydrogen-bond donors (Lipinski definition) is 2. The normalized spacial score (nSPS) is 27.8. The van der Waals surface area contributed by atoms with E-state index in [-0.39, 0.29) is 11.8 Å². The van der Waals surface area contributed by atoms with Crippen LogP contribution in [0.5, 0.6) is 0 Å². The molecule has 0 aromatic carbocycles. The second-order valence-corrected chi connectivity index (χ2v) is 5.17. The number of oxime groups is 1. The third kappa shape index (κ3) is 3.30. The molecule has 0 radical (unpaired) electrons. The summed E-state index contributed by atoms with van der Waals surface area (Å²) in [6.45, 7) is 1.46. The summed E-state index contributed by atoms with van der Waals surface area (Å²) >= 11 is 0. The topological polar surface area (TPSA) is 78.9 Å². The molecule has 1 saturated carbocycles. The van der Waals surface area contributed by atoms with Crippen molar-refractivity contribution in [3.8, 4) is 0 Å². The zero-order valence-corrected chi connectivity index (χ0v) is 10.9. The SMILES string of the molecule is CC1CC(C(=O)N(C)CCC(F)(F)F)(C(N)=NO)C1. The number of nitrogens with zero attached hydrogens (tertiary/aromatic N) is 2. The Kier molecular flexibility index (Phi) is 4.32. The standard InChI is InChI=1S/C11H18F3N3O2/c1-7-5-10(6-7,8(15)16-19)9(18)17(2)4-3-11(12,13)14/h7,19H,3-6H2,1-2H3,(H2,15,16). The number of rotatable bonds is 4. The lowest BCUT2D eigenvalue weighted by molar-refractivity contribution is -0.151. The zero-order valence-electron chi connectivity index (χ0n) is 10.9. The summed E-state index contributed by atoms with van der Waals surface area (Å²) in [4.78, 5) is 13.2. The number of hydrogen-bond acceptors (Lipinski definition) is 3. The predicted molar refractivity (Wildman–Crippen MR) is 62.5 cm³/mol. The Hall–Kier alpha value is -1.47. The van der Waals surface area contributed by atoms with Gasteiger partial charge >= 0.3 is 6.18 Å². The number of carbonyl (C=O) groups is 1. The molecule has 0 unspecified atom stereocenters. The molecule has 0 aromatic rings. The van der Waals surface area contributed by atoms with E-state index < -0.39 is 30.5 Å². The maximum absolute atomic E-state index is 12.2. The van der Waals surface area contributed by atoms with Crippen LogP contribution < -0.4 is 5.73 Å². The number of halogens is 3. The Balaban J connectivity index is 2.74. The smallest absolute Gasteiger partial charge is 0.390 e. The van der Waals surface area contributed by atoms with Crippen molar-refractivity contribution < 1.29 is 23.2 Å². The Labute approximate surface area is 109 Å². The first-order valence-electron chi connectivity index (χ1n) is 5.92. The maximum atomic E-state index is 12.2. The Morgan fingerprint density at radius 3 is 2.42 bits per heavy atom. The lowest BCUT2D eigenvalue weighted by atomic mass is 9.61. The molecule has 0 atom stereocenters. The molecule has 0 aromatic heterocycles. The first-order valence-corrected chi connectivity index (χ1v) is 5.92. The molecule has 1 aliphatic carbocycles. The van der Waals surface area contributed by atoms with E-state index in [1.54, 1.807) is 0 Å². The van der Waals surface area contributed by atoms with Gasteiger partial charge in [-0.25, -0.2) is 0 Å². The van der Waals surface area contributed by atoms with Gasteiger partial charge in [0, 0.05) is 13.6 Å². The summed E-state index contributed by atoms with van der Waals surface area (Å²) in [7, 11) is 1.30. The summed E-state index contributed by atoms with van der Waals surface area (Å²) < 4.78 is 36.4. The van der Waals surface area contributed by atoms with E-state index in [4.69, 9.17) is 10.9 Å². The van der Waals surface area contributed by atoms with E-state index in [0.29, 0.717) is 12.8 Å². The van der Waals surface area contributed by atoms with Gasteiger partial charge in [-0.2, -0.15) is 13.2 Å². The molecule has 19 heavy (non-hydrogen) atoms. The molecule has 0 saturated heterocycles. The van der Waals surface area contributed by atoms with Gasteiger partial charge in [0.1, 0.15) is 5.41 Å². The highest BCUT2D eigenvalue weighted by atomic mass is 19.4. The van der Waals surface area contributed by atoms with Gasteiger partial charge in [0.25, 0.3) is 0 Å². The molecule has 0 spiro atoms. The van der Waals surface area contributed by atoms with Gasteiger partial charge in [-0.3, -0.25) is 4.79 Å². The van der Waals surface area contributed by atoms with E-state index in [1.165, 1.54) is 7.05 Å². The third-order valence-electron chi connectivity index (χ3n) is 3.48. The molecule has 5 nitrogen and oxygen atoms in total. The van der Waals surface area contributed by atoms with Gasteiger partial charge in [-0.15, -0.1) is 0 Å². The minimum absolute atomic E-state index is 0.222. The molecule has 3 N–H and O–H groups in total. The third-order valence-corrected chi connectivity index (χ3v) is 3.48. The summed E-state index contributed by atoms with van der Waals surface area (Å²) in [6.07, 6.45) is -4.61. The molecule has 110 valence electrons. The molecule has 0 heterocycles. The van der Waals surface area contributed by atoms with Gasteiger partial charge in [0.2, 0.25) is 5.91 Å². The van der Waals surface area contributed by atoms with Crippen LogP contribution in [0.3, 0.4) is 0 Å². The number of alkyl halides is 3. The van der Waals surface area contributed by atoms with Gasteiger partial charge in [0.05, 0.1) is 6.42 Å². The molecule has 1 rings (SSSR count). The van der Waals surface area contributed by atoms with Crippen molar-refractivity contribution in [1.29, 1.82) is 0 Å². The largest absolute Gasteiger partial charge is 0.409 e. The highest BCUT2D eigenvalue weighted by Gasteiger charge is 2.53. The highest BCUT2D eigenvalue weighted by Crippen LogP contribution is 2.47. The number of nitrogens with two attached hydrogens (primary N) is 1. The second-order valence-electron chi connectivity index (χ2n) is 5.17. The molecular formula is C11H18F3N3O2. The number of amidine groups is 1. The fraction of sp³-hybridized carbons (Fsp3) is 0.818. The predicted octanol–water partition coefficient (Wildman–Crippen LogP) is 1.56. The van der Waals surface area contributed by atoms with E-state index in [9.17, 15) is 18.0 Å². The monoisotopic (exact) mass is 281 g/mol. The van der Waals surface area contributed by atoms with Gasteiger partial charge in [0.15, 0.2) is 5.84 Å². The first kappa shape index (κ1) is 15.6. The fourth-order valence-corrected chi connectivity index (χ4v) is 2.48. The van der Waals surface area contributed by atoms with Crippen molar-refractivity contribution in [2.45, 2.75) is 32.4 Å². The summed E-state index contributed by atoms with van der Waals surface area (Å²) in [5.41, 5.74) is 4.38. The molecule has 0 aliphatic heterocycles. The Morgan fingerprint density at radius 2 is 2.05 bits per heavy atom. The Bertz CT molecular complexity index is 376. The van der Waals surface area contributed by atoms with Crippen LogP contribution in [-0.4, -0.2) is 41.6 Å². The molecule has 1 fully saturated rings. The van der Waals surface area contributed by atoms with Crippen LogP contribution in [-0.2, 0) is 4.79 Å². The molecule has 8 heteroatoms. The van der Waals surface area contributed by atoms with Gasteiger partial charge in [-0.1, -0.05) is 12.1 Å². The molecule has 1 amide bonds. The van der Waals surface area contributed by atoms with Crippen LogP contribution in [0.2, 0.25) is 0 Å². The lowest BCUT2D eigenvalue weighted by Crippen LogP contribution is -2.57. The molecule has 0 bridgehead atoms. The van der Waals surface area contributed by atoms with Crippen molar-refractivity contribution in [2.24, 2.45) is 22.2 Å². The maximum Gasteiger partial charge on any atom is 0.390 e. The zero-order chi connectivity index (χ0) is 14.8. The van der Waals surface area contributed by atoms with Crippen LogP contribution >= 0.6 is 0 Å². The minimum Gasteiger partial charge on any atom is -0.409 e. The average molecular weight is 281 g/mol. The van der Waals surface area contributed by atoms with E-state index in [2.05, 4.69) is 5.16 Å².